The van der Waals surface area contributed by atoms with Gasteiger partial charge in [-0.15, -0.1) is 0 Å². The van der Waals surface area contributed by atoms with E-state index in [0.29, 0.717) is 54.1 Å². The Kier molecular flexibility index (Phi) is 8.10. The molecule has 5 rings (SSSR count). The van der Waals surface area contributed by atoms with Gasteiger partial charge in [-0.1, -0.05) is 59.8 Å². The first-order valence-corrected chi connectivity index (χ1v) is 13.7. The van der Waals surface area contributed by atoms with E-state index in [1.165, 1.54) is 0 Å². The molecule has 1 N–H and O–H groups in total. The summed E-state index contributed by atoms with van der Waals surface area (Å²) >= 11 is 0. The van der Waals surface area contributed by atoms with Crippen molar-refractivity contribution in [2.75, 3.05) is 13.4 Å². The predicted octanol–water partition coefficient (Wildman–Crippen LogP) is 3.16. The third-order valence-corrected chi connectivity index (χ3v) is 6.72. The van der Waals surface area contributed by atoms with Crippen LogP contribution in [0.4, 0.5) is 0 Å². The number of carbonyl (C=O) groups excluding carboxylic acids is 2. The molecule has 2 heterocycles. The molecule has 1 aliphatic rings. The Hall–Kier alpha value is -4.93. The fraction of sp³-hybridized carbons (Fsp3) is 0.323. The summed E-state index contributed by atoms with van der Waals surface area (Å²) in [6.45, 7) is 7.39. The molecule has 0 radical (unpaired) electrons. The van der Waals surface area contributed by atoms with Gasteiger partial charge in [0.2, 0.25) is 6.79 Å². The Balaban J connectivity index is 1.45. The number of carbonyl (C=O) groups is 2. The van der Waals surface area contributed by atoms with Crippen LogP contribution in [0, 0.1) is 5.41 Å². The number of rotatable bonds is 9. The summed E-state index contributed by atoms with van der Waals surface area (Å²) in [6, 6.07) is 15.9. The Morgan fingerprint density at radius 3 is 2.45 bits per heavy atom. The molecule has 2 aromatic carbocycles. The molecule has 42 heavy (non-hydrogen) atoms. The molecule has 11 heteroatoms. The second-order valence-corrected chi connectivity index (χ2v) is 10.8. The summed E-state index contributed by atoms with van der Waals surface area (Å²) in [5.74, 6) is -1.28. The number of nitrogens with one attached hydrogen (secondary N) is 1. The van der Waals surface area contributed by atoms with Crippen molar-refractivity contribution in [3.8, 4) is 28.5 Å². The molecule has 0 unspecified atom stereocenters. The number of esters is 2. The average molecular weight is 573 g/mol. The lowest BCUT2D eigenvalue weighted by Gasteiger charge is -2.17. The van der Waals surface area contributed by atoms with Crippen molar-refractivity contribution in [2.24, 2.45) is 5.41 Å². The standard InChI is InChI=1S/C31H32N4O7/c1-5-39-29-32-24-12-8-11-23(27(36)40-18-41-28(37)31(2,3)4)25(24)35(29)17-19-13-15-20(16-14-19)21-9-6-7-10-22(21)26-33-30(38)42-34-26/h6-7,9-10,12-16H,5,8,11,17-18H2,1-4H3,(H,33,34,38). The number of hydrogen-bond donors (Lipinski definition) is 1. The van der Waals surface area contributed by atoms with E-state index in [0.717, 1.165) is 22.3 Å². The van der Waals surface area contributed by atoms with Crippen LogP contribution < -0.4 is 21.2 Å². The van der Waals surface area contributed by atoms with Crippen molar-refractivity contribution in [3.63, 3.8) is 0 Å². The van der Waals surface area contributed by atoms with E-state index in [4.69, 9.17) is 18.7 Å². The third kappa shape index (κ3) is 6.04. The highest BCUT2D eigenvalue weighted by molar-refractivity contribution is 6.09. The highest BCUT2D eigenvalue weighted by atomic mass is 16.7. The molecule has 4 aromatic rings. The lowest BCUT2D eigenvalue weighted by molar-refractivity contribution is -0.170. The first-order valence-electron chi connectivity index (χ1n) is 13.7. The number of nitrogens with zero attached hydrogens (tertiary/aromatic N) is 3. The first kappa shape index (κ1) is 28.6. The van der Waals surface area contributed by atoms with Crippen molar-refractivity contribution >= 4 is 23.6 Å². The highest BCUT2D eigenvalue weighted by Crippen LogP contribution is 2.30. The van der Waals surface area contributed by atoms with Gasteiger partial charge in [-0.3, -0.25) is 18.9 Å². The van der Waals surface area contributed by atoms with Crippen LogP contribution in [0.2, 0.25) is 0 Å². The minimum absolute atomic E-state index is 0.352. The fourth-order valence-corrected chi connectivity index (χ4v) is 4.67. The normalized spacial score (nSPS) is 12.8. The van der Waals surface area contributed by atoms with Gasteiger partial charge >= 0.3 is 17.7 Å². The smallest absolute Gasteiger partial charge is 0.439 e. The zero-order chi connectivity index (χ0) is 29.9. The first-order chi connectivity index (χ1) is 20.2. The van der Waals surface area contributed by atoms with Gasteiger partial charge in [0.1, 0.15) is 0 Å². The fourth-order valence-electron chi connectivity index (χ4n) is 4.67. The number of aromatic nitrogens is 4. The number of imidazole rings is 1. The number of aromatic amines is 1. The Morgan fingerprint density at radius 1 is 1.05 bits per heavy atom. The third-order valence-electron chi connectivity index (χ3n) is 6.72. The molecular weight excluding hydrogens is 540 g/mol. The molecule has 0 aliphatic heterocycles. The predicted molar refractivity (Wildman–Crippen MR) is 153 cm³/mol. The molecule has 1 aliphatic carbocycles. The SMILES string of the molecule is CCOc1nc2c(n1Cc1ccc(-c3ccccc3-c3noc(=O)[nH]3)cc1)=C(C(=O)OCOC(=O)C(C)(C)C)CCC=2. The molecule has 0 amide bonds. The van der Waals surface area contributed by atoms with E-state index in [9.17, 15) is 14.4 Å². The van der Waals surface area contributed by atoms with Crippen molar-refractivity contribution in [1.29, 1.82) is 0 Å². The molecule has 0 fully saturated rings. The van der Waals surface area contributed by atoms with Crippen molar-refractivity contribution < 1.29 is 28.3 Å². The molecule has 0 saturated heterocycles. The van der Waals surface area contributed by atoms with E-state index in [1.807, 2.05) is 66.1 Å². The molecule has 0 saturated carbocycles. The zero-order valence-corrected chi connectivity index (χ0v) is 23.9. The van der Waals surface area contributed by atoms with E-state index >= 15 is 0 Å². The van der Waals surface area contributed by atoms with Crippen LogP contribution in [0.25, 0.3) is 34.2 Å². The van der Waals surface area contributed by atoms with Crippen LogP contribution in [0.3, 0.4) is 0 Å². The van der Waals surface area contributed by atoms with E-state index < -0.39 is 29.9 Å². The van der Waals surface area contributed by atoms with Gasteiger partial charge < -0.3 is 14.2 Å². The van der Waals surface area contributed by atoms with E-state index in [-0.39, 0.29) is 0 Å². The number of benzene rings is 2. The summed E-state index contributed by atoms with van der Waals surface area (Å²) in [7, 11) is 0. The zero-order valence-electron chi connectivity index (χ0n) is 23.9. The maximum Gasteiger partial charge on any atom is 0.439 e. The summed E-state index contributed by atoms with van der Waals surface area (Å²) in [5, 5.41) is 5.11. The Morgan fingerprint density at radius 2 is 1.79 bits per heavy atom. The van der Waals surface area contributed by atoms with E-state index in [1.54, 1.807) is 20.8 Å². The summed E-state index contributed by atoms with van der Waals surface area (Å²) < 4.78 is 22.9. The van der Waals surface area contributed by atoms with Gasteiger partial charge in [0.05, 0.1) is 34.8 Å². The summed E-state index contributed by atoms with van der Waals surface area (Å²) in [5.41, 5.74) is 3.23. The molecule has 0 bridgehead atoms. The maximum absolute atomic E-state index is 13.1. The number of ether oxygens (including phenoxy) is 3. The van der Waals surface area contributed by atoms with Gasteiger partial charge in [0, 0.05) is 5.56 Å². The molecular formula is C31H32N4O7. The topological polar surface area (TPSA) is 139 Å². The summed E-state index contributed by atoms with van der Waals surface area (Å²) in [6.07, 6.45) is 3.04. The second kappa shape index (κ2) is 11.9. The number of H-pyrrole nitrogens is 1. The Labute approximate surface area is 241 Å². The molecule has 11 nitrogen and oxygen atoms in total. The average Bonchev–Trinajstić information content (AvgIpc) is 3.56. The number of hydrogen-bond acceptors (Lipinski definition) is 9. The monoisotopic (exact) mass is 572 g/mol. The molecule has 2 aromatic heterocycles. The van der Waals surface area contributed by atoms with Crippen LogP contribution >= 0.6 is 0 Å². The highest BCUT2D eigenvalue weighted by Gasteiger charge is 2.25. The Bertz CT molecular complexity index is 1790. The van der Waals surface area contributed by atoms with Crippen LogP contribution in [-0.2, 0) is 25.6 Å². The van der Waals surface area contributed by atoms with Gasteiger partial charge in [0.25, 0.3) is 6.01 Å². The second-order valence-electron chi connectivity index (χ2n) is 10.8. The van der Waals surface area contributed by atoms with Gasteiger partial charge in [-0.05, 0) is 57.2 Å². The van der Waals surface area contributed by atoms with Crippen molar-refractivity contribution in [3.05, 3.63) is 75.3 Å². The quantitative estimate of drug-likeness (QED) is 0.237. The number of fused-ring (bicyclic) bond motifs is 1. The van der Waals surface area contributed by atoms with Gasteiger partial charge in [-0.25, -0.2) is 9.59 Å². The largest absolute Gasteiger partial charge is 0.465 e. The minimum Gasteiger partial charge on any atom is -0.465 e. The minimum atomic E-state index is -0.704. The van der Waals surface area contributed by atoms with Crippen molar-refractivity contribution in [2.45, 2.75) is 47.1 Å². The van der Waals surface area contributed by atoms with Crippen LogP contribution in [0.15, 0.2) is 57.8 Å². The van der Waals surface area contributed by atoms with E-state index in [2.05, 4.69) is 15.1 Å². The van der Waals surface area contributed by atoms with Crippen LogP contribution in [-0.4, -0.2) is 45.0 Å². The van der Waals surface area contributed by atoms with Gasteiger partial charge in [-0.2, -0.15) is 4.98 Å². The molecule has 0 spiro atoms. The molecule has 218 valence electrons. The van der Waals surface area contributed by atoms with Crippen molar-refractivity contribution in [1.82, 2.24) is 19.7 Å². The van der Waals surface area contributed by atoms with Crippen LogP contribution in [0.1, 0.15) is 46.1 Å². The lowest BCUT2D eigenvalue weighted by Crippen LogP contribution is -2.37. The van der Waals surface area contributed by atoms with Gasteiger partial charge in [0.15, 0.2) is 5.82 Å². The maximum atomic E-state index is 13.1. The van der Waals surface area contributed by atoms with Crippen LogP contribution in [0.5, 0.6) is 6.01 Å². The molecule has 0 atom stereocenters. The lowest BCUT2D eigenvalue weighted by atomic mass is 9.98. The summed E-state index contributed by atoms with van der Waals surface area (Å²) in [4.78, 5) is 44.0.